The first kappa shape index (κ1) is 13.4. The zero-order valence-electron chi connectivity index (χ0n) is 11.8. The van der Waals surface area contributed by atoms with Crippen molar-refractivity contribution in [1.82, 2.24) is 10.1 Å². The van der Waals surface area contributed by atoms with Gasteiger partial charge in [-0.25, -0.2) is 0 Å². The summed E-state index contributed by atoms with van der Waals surface area (Å²) < 4.78 is 10.9. The van der Waals surface area contributed by atoms with Gasteiger partial charge in [-0.05, 0) is 30.9 Å². The lowest BCUT2D eigenvalue weighted by atomic mass is 9.80. The Bertz CT molecular complexity index is 561. The maximum atomic E-state index is 5.54. The maximum absolute atomic E-state index is 5.54. The fourth-order valence-corrected chi connectivity index (χ4v) is 3.00. The summed E-state index contributed by atoms with van der Waals surface area (Å²) >= 11 is 0. The predicted molar refractivity (Wildman–Crippen MR) is 74.9 cm³/mol. The number of rotatable bonds is 4. The number of furan rings is 1. The van der Waals surface area contributed by atoms with Gasteiger partial charge in [0.25, 0.3) is 5.89 Å². The normalized spacial score (nSPS) is 23.1. The van der Waals surface area contributed by atoms with Crippen molar-refractivity contribution in [3.8, 4) is 11.7 Å². The van der Waals surface area contributed by atoms with Gasteiger partial charge >= 0.3 is 0 Å². The van der Waals surface area contributed by atoms with Crippen molar-refractivity contribution < 1.29 is 8.94 Å². The Labute approximate surface area is 118 Å². The molecule has 0 radical (unpaired) electrons. The molecule has 2 unspecified atom stereocenters. The molecule has 1 aliphatic carbocycles. The van der Waals surface area contributed by atoms with Crippen LogP contribution in [0.2, 0.25) is 0 Å². The zero-order chi connectivity index (χ0) is 13.9. The monoisotopic (exact) mass is 275 g/mol. The van der Waals surface area contributed by atoms with E-state index in [0.29, 0.717) is 24.1 Å². The van der Waals surface area contributed by atoms with Crippen molar-refractivity contribution in [3.05, 3.63) is 23.7 Å². The largest absolute Gasteiger partial charge is 0.455 e. The minimum atomic E-state index is 0.377. The molecular formula is C15H21N3O2. The van der Waals surface area contributed by atoms with Crippen LogP contribution in [-0.2, 0) is 6.54 Å². The molecule has 0 amide bonds. The predicted octanol–water partition coefficient (Wildman–Crippen LogP) is 3.47. The highest BCUT2D eigenvalue weighted by molar-refractivity contribution is 5.44. The third-order valence-corrected chi connectivity index (χ3v) is 4.24. The molecule has 0 spiro atoms. The second-order valence-electron chi connectivity index (χ2n) is 5.57. The molecule has 2 aromatic rings. The fraction of sp³-hybridized carbons (Fsp3) is 0.600. The summed E-state index contributed by atoms with van der Waals surface area (Å²) in [6.07, 6.45) is 6.14. The Kier molecular flexibility index (Phi) is 3.87. The summed E-state index contributed by atoms with van der Waals surface area (Å²) in [5.74, 6) is 3.83. The highest BCUT2D eigenvalue weighted by atomic mass is 16.5. The van der Waals surface area contributed by atoms with E-state index in [1.54, 1.807) is 0 Å². The quantitative estimate of drug-likeness (QED) is 0.924. The number of hydrogen-bond acceptors (Lipinski definition) is 5. The van der Waals surface area contributed by atoms with Crippen LogP contribution in [0.1, 0.15) is 56.5 Å². The summed E-state index contributed by atoms with van der Waals surface area (Å²) in [6, 6.07) is 3.67. The van der Waals surface area contributed by atoms with E-state index >= 15 is 0 Å². The third kappa shape index (κ3) is 2.63. The Morgan fingerprint density at radius 2 is 2.25 bits per heavy atom. The van der Waals surface area contributed by atoms with E-state index in [2.05, 4.69) is 17.1 Å². The Morgan fingerprint density at radius 3 is 3.00 bits per heavy atom. The molecule has 2 N–H and O–H groups in total. The fourth-order valence-electron chi connectivity index (χ4n) is 3.00. The molecule has 1 aliphatic rings. The summed E-state index contributed by atoms with van der Waals surface area (Å²) in [4.78, 5) is 4.51. The van der Waals surface area contributed by atoms with Crippen LogP contribution >= 0.6 is 0 Å². The van der Waals surface area contributed by atoms with E-state index in [-0.39, 0.29) is 0 Å². The van der Waals surface area contributed by atoms with Gasteiger partial charge in [0.15, 0.2) is 11.6 Å². The summed E-state index contributed by atoms with van der Waals surface area (Å²) in [5.41, 5.74) is 5.53. The highest BCUT2D eigenvalue weighted by Crippen LogP contribution is 2.36. The SMILES string of the molecule is CCC1CCCC(c2noc(-c3ccc(CN)o3)n2)C1. The van der Waals surface area contributed by atoms with Crippen LogP contribution < -0.4 is 5.73 Å². The minimum Gasteiger partial charge on any atom is -0.455 e. The first-order valence-corrected chi connectivity index (χ1v) is 7.43. The van der Waals surface area contributed by atoms with Crippen molar-refractivity contribution in [3.63, 3.8) is 0 Å². The Balaban J connectivity index is 1.76. The maximum Gasteiger partial charge on any atom is 0.293 e. The summed E-state index contributed by atoms with van der Waals surface area (Å²) in [7, 11) is 0. The lowest BCUT2D eigenvalue weighted by Gasteiger charge is -2.26. The second kappa shape index (κ2) is 5.79. The number of hydrogen-bond donors (Lipinski definition) is 1. The minimum absolute atomic E-state index is 0.377. The van der Waals surface area contributed by atoms with Gasteiger partial charge in [-0.2, -0.15) is 4.98 Å². The first-order chi connectivity index (χ1) is 9.80. The molecule has 108 valence electrons. The van der Waals surface area contributed by atoms with Crippen LogP contribution in [0.5, 0.6) is 0 Å². The van der Waals surface area contributed by atoms with Gasteiger partial charge in [-0.3, -0.25) is 0 Å². The zero-order valence-corrected chi connectivity index (χ0v) is 11.8. The lowest BCUT2D eigenvalue weighted by Crippen LogP contribution is -2.14. The number of aromatic nitrogens is 2. The summed E-state index contributed by atoms with van der Waals surface area (Å²) in [5, 5.41) is 4.14. The average Bonchev–Trinajstić information content (AvgIpc) is 3.15. The van der Waals surface area contributed by atoms with Gasteiger partial charge in [0.05, 0.1) is 6.54 Å². The first-order valence-electron chi connectivity index (χ1n) is 7.43. The van der Waals surface area contributed by atoms with E-state index in [9.17, 15) is 0 Å². The third-order valence-electron chi connectivity index (χ3n) is 4.24. The lowest BCUT2D eigenvalue weighted by molar-refractivity contribution is 0.299. The molecule has 2 heterocycles. The van der Waals surface area contributed by atoms with Gasteiger partial charge in [-0.1, -0.05) is 31.3 Å². The van der Waals surface area contributed by atoms with Crippen LogP contribution in [0.3, 0.4) is 0 Å². The van der Waals surface area contributed by atoms with Crippen LogP contribution in [0.15, 0.2) is 21.1 Å². The van der Waals surface area contributed by atoms with Crippen molar-refractivity contribution in [2.24, 2.45) is 11.7 Å². The number of nitrogens with zero attached hydrogens (tertiary/aromatic N) is 2. The van der Waals surface area contributed by atoms with Gasteiger partial charge in [-0.15, -0.1) is 0 Å². The molecule has 0 saturated heterocycles. The van der Waals surface area contributed by atoms with Crippen LogP contribution in [0, 0.1) is 5.92 Å². The van der Waals surface area contributed by atoms with Crippen LogP contribution in [0.4, 0.5) is 0 Å². The smallest absolute Gasteiger partial charge is 0.293 e. The second-order valence-corrected chi connectivity index (χ2v) is 5.57. The molecular weight excluding hydrogens is 254 g/mol. The topological polar surface area (TPSA) is 78.1 Å². The van der Waals surface area contributed by atoms with Crippen molar-refractivity contribution in [2.45, 2.75) is 51.5 Å². The Hall–Kier alpha value is -1.62. The van der Waals surface area contributed by atoms with Crippen molar-refractivity contribution >= 4 is 0 Å². The highest BCUT2D eigenvalue weighted by Gasteiger charge is 2.26. The number of nitrogens with two attached hydrogens (primary N) is 1. The van der Waals surface area contributed by atoms with Crippen LogP contribution in [0.25, 0.3) is 11.7 Å². The van der Waals surface area contributed by atoms with Gasteiger partial charge < -0.3 is 14.7 Å². The molecule has 2 atom stereocenters. The average molecular weight is 275 g/mol. The summed E-state index contributed by atoms with van der Waals surface area (Å²) in [6.45, 7) is 2.63. The van der Waals surface area contributed by atoms with Crippen molar-refractivity contribution in [2.75, 3.05) is 0 Å². The standard InChI is InChI=1S/C15H21N3O2/c1-2-10-4-3-5-11(8-10)14-17-15(20-18-14)13-7-6-12(9-16)19-13/h6-7,10-11H,2-5,8-9,16H2,1H3. The van der Waals surface area contributed by atoms with Crippen LogP contribution in [-0.4, -0.2) is 10.1 Å². The molecule has 5 nitrogen and oxygen atoms in total. The van der Waals surface area contributed by atoms with Gasteiger partial charge in [0.2, 0.25) is 0 Å². The molecule has 0 aliphatic heterocycles. The van der Waals surface area contributed by atoms with E-state index in [4.69, 9.17) is 14.7 Å². The van der Waals surface area contributed by atoms with E-state index < -0.39 is 0 Å². The molecule has 20 heavy (non-hydrogen) atoms. The molecule has 0 aromatic carbocycles. The molecule has 1 saturated carbocycles. The molecule has 3 rings (SSSR count). The molecule has 0 bridgehead atoms. The molecule has 1 fully saturated rings. The molecule has 2 aromatic heterocycles. The van der Waals surface area contributed by atoms with E-state index in [1.807, 2.05) is 12.1 Å². The van der Waals surface area contributed by atoms with Gasteiger partial charge in [0.1, 0.15) is 5.76 Å². The Morgan fingerprint density at radius 1 is 1.35 bits per heavy atom. The van der Waals surface area contributed by atoms with Crippen molar-refractivity contribution in [1.29, 1.82) is 0 Å². The van der Waals surface area contributed by atoms with E-state index in [0.717, 1.165) is 23.9 Å². The van der Waals surface area contributed by atoms with Gasteiger partial charge in [0, 0.05) is 5.92 Å². The molecule has 5 heteroatoms. The van der Waals surface area contributed by atoms with E-state index in [1.165, 1.54) is 25.7 Å².